The Bertz CT molecular complexity index is 300. The summed E-state index contributed by atoms with van der Waals surface area (Å²) in [5.41, 5.74) is -0.0486. The molecule has 0 amide bonds. The molecule has 1 aromatic rings. The molecule has 0 spiro atoms. The molecule has 0 aliphatic carbocycles. The highest BCUT2D eigenvalue weighted by Crippen LogP contribution is 2.22. The first kappa shape index (κ1) is 12.6. The van der Waals surface area contributed by atoms with Gasteiger partial charge in [0.15, 0.2) is 0 Å². The normalized spacial score (nSPS) is 12.4. The molecule has 1 aromatic heterocycles. The lowest BCUT2D eigenvalue weighted by molar-refractivity contribution is 0.0742. The molecule has 0 aliphatic rings. The van der Waals surface area contributed by atoms with Crippen molar-refractivity contribution in [2.24, 2.45) is 0 Å². The molecule has 15 heavy (non-hydrogen) atoms. The van der Waals surface area contributed by atoms with Crippen molar-refractivity contribution in [3.05, 3.63) is 16.1 Å². The summed E-state index contributed by atoms with van der Waals surface area (Å²) in [5.74, 6) is 0. The number of nitrogens with zero attached hydrogens (tertiary/aromatic N) is 2. The van der Waals surface area contributed by atoms with E-state index in [0.717, 1.165) is 30.3 Å². The van der Waals surface area contributed by atoms with E-state index >= 15 is 0 Å². The molecule has 1 rings (SSSR count). The van der Waals surface area contributed by atoms with E-state index < -0.39 is 5.60 Å². The number of hydrogen-bond acceptors (Lipinski definition) is 4. The first-order chi connectivity index (χ1) is 6.97. The number of hydrogen-bond donors (Lipinski definition) is 1. The molecule has 0 aliphatic heterocycles. The van der Waals surface area contributed by atoms with E-state index in [1.807, 2.05) is 5.38 Å². The van der Waals surface area contributed by atoms with Gasteiger partial charge in [-0.1, -0.05) is 13.8 Å². The fraction of sp³-hybridized carbons (Fsp3) is 0.727. The van der Waals surface area contributed by atoms with E-state index in [0.29, 0.717) is 0 Å². The van der Waals surface area contributed by atoms with Crippen LogP contribution in [0.15, 0.2) is 5.38 Å². The van der Waals surface area contributed by atoms with Crippen LogP contribution in [0.1, 0.15) is 38.4 Å². The SMILES string of the molecule is CCN(CC)Cc1nc(C(C)(C)O)cs1. The number of thiazole rings is 1. The molecular weight excluding hydrogens is 208 g/mol. The topological polar surface area (TPSA) is 36.4 Å². The first-order valence-corrected chi connectivity index (χ1v) is 6.25. The van der Waals surface area contributed by atoms with Crippen LogP contribution in [-0.4, -0.2) is 28.1 Å². The van der Waals surface area contributed by atoms with Crippen molar-refractivity contribution in [1.29, 1.82) is 0 Å². The van der Waals surface area contributed by atoms with Gasteiger partial charge in [0.25, 0.3) is 0 Å². The van der Waals surface area contributed by atoms with E-state index in [-0.39, 0.29) is 0 Å². The first-order valence-electron chi connectivity index (χ1n) is 5.37. The van der Waals surface area contributed by atoms with Crippen molar-refractivity contribution in [2.45, 2.75) is 39.8 Å². The van der Waals surface area contributed by atoms with Gasteiger partial charge >= 0.3 is 0 Å². The maximum atomic E-state index is 9.78. The van der Waals surface area contributed by atoms with E-state index in [9.17, 15) is 5.11 Å². The Morgan fingerprint density at radius 2 is 2.00 bits per heavy atom. The van der Waals surface area contributed by atoms with Crippen molar-refractivity contribution in [3.63, 3.8) is 0 Å². The summed E-state index contributed by atoms with van der Waals surface area (Å²) in [6.07, 6.45) is 0. The molecule has 0 unspecified atom stereocenters. The second-order valence-corrected chi connectivity index (χ2v) is 5.09. The van der Waals surface area contributed by atoms with Crippen molar-refractivity contribution >= 4 is 11.3 Å². The number of aromatic nitrogens is 1. The van der Waals surface area contributed by atoms with Gasteiger partial charge in [-0.2, -0.15) is 0 Å². The minimum atomic E-state index is -0.821. The van der Waals surface area contributed by atoms with Crippen LogP contribution < -0.4 is 0 Å². The predicted molar refractivity (Wildman–Crippen MR) is 64.0 cm³/mol. The third kappa shape index (κ3) is 3.55. The average molecular weight is 228 g/mol. The van der Waals surface area contributed by atoms with Gasteiger partial charge in [0, 0.05) is 5.38 Å². The molecule has 0 bridgehead atoms. The minimum Gasteiger partial charge on any atom is -0.384 e. The van der Waals surface area contributed by atoms with Crippen molar-refractivity contribution in [3.8, 4) is 0 Å². The molecule has 86 valence electrons. The Labute approximate surface area is 95.8 Å². The molecule has 0 aromatic carbocycles. The standard InChI is InChI=1S/C11H20N2OS/c1-5-13(6-2)7-10-12-9(8-15-10)11(3,4)14/h8,14H,5-7H2,1-4H3. The van der Waals surface area contributed by atoms with Crippen LogP contribution in [0.3, 0.4) is 0 Å². The lowest BCUT2D eigenvalue weighted by Crippen LogP contribution is -2.22. The fourth-order valence-electron chi connectivity index (χ4n) is 1.30. The molecule has 0 radical (unpaired) electrons. The van der Waals surface area contributed by atoms with Crippen LogP contribution >= 0.6 is 11.3 Å². The quantitative estimate of drug-likeness (QED) is 0.839. The molecule has 1 heterocycles. The Hall–Kier alpha value is -0.450. The predicted octanol–water partition coefficient (Wildman–Crippen LogP) is 2.21. The molecule has 0 fully saturated rings. The zero-order valence-electron chi connectivity index (χ0n) is 9.95. The highest BCUT2D eigenvalue weighted by Gasteiger charge is 2.19. The summed E-state index contributed by atoms with van der Waals surface area (Å²) in [4.78, 5) is 6.76. The second-order valence-electron chi connectivity index (χ2n) is 4.15. The zero-order valence-corrected chi connectivity index (χ0v) is 10.8. The minimum absolute atomic E-state index is 0.773. The van der Waals surface area contributed by atoms with Gasteiger partial charge in [0.1, 0.15) is 10.6 Å². The van der Waals surface area contributed by atoms with Crippen LogP contribution in [0.4, 0.5) is 0 Å². The highest BCUT2D eigenvalue weighted by atomic mass is 32.1. The van der Waals surface area contributed by atoms with Crippen molar-refractivity contribution in [2.75, 3.05) is 13.1 Å². The van der Waals surface area contributed by atoms with E-state index in [2.05, 4.69) is 23.7 Å². The molecule has 4 heteroatoms. The monoisotopic (exact) mass is 228 g/mol. The summed E-state index contributed by atoms with van der Waals surface area (Å²) in [6.45, 7) is 10.8. The van der Waals surface area contributed by atoms with Crippen LogP contribution in [0.5, 0.6) is 0 Å². The van der Waals surface area contributed by atoms with Gasteiger partial charge in [-0.25, -0.2) is 4.98 Å². The van der Waals surface area contributed by atoms with Gasteiger partial charge in [0.2, 0.25) is 0 Å². The van der Waals surface area contributed by atoms with Crippen LogP contribution in [0, 0.1) is 0 Å². The van der Waals surface area contributed by atoms with Crippen molar-refractivity contribution in [1.82, 2.24) is 9.88 Å². The summed E-state index contributed by atoms with van der Waals surface area (Å²) in [7, 11) is 0. The largest absolute Gasteiger partial charge is 0.384 e. The van der Waals surface area contributed by atoms with Gasteiger partial charge in [-0.15, -0.1) is 11.3 Å². The molecule has 1 N–H and O–H groups in total. The van der Waals surface area contributed by atoms with E-state index in [4.69, 9.17) is 0 Å². The van der Waals surface area contributed by atoms with Gasteiger partial charge in [-0.3, -0.25) is 4.90 Å². The number of rotatable bonds is 5. The molecular formula is C11H20N2OS. The molecule has 3 nitrogen and oxygen atoms in total. The molecule has 0 atom stereocenters. The third-order valence-corrected chi connectivity index (χ3v) is 3.27. The van der Waals surface area contributed by atoms with Crippen molar-refractivity contribution < 1.29 is 5.11 Å². The van der Waals surface area contributed by atoms with Crippen LogP contribution in [-0.2, 0) is 12.1 Å². The van der Waals surface area contributed by atoms with Crippen LogP contribution in [0.2, 0.25) is 0 Å². The molecule has 0 saturated carbocycles. The molecule has 0 saturated heterocycles. The fourth-order valence-corrected chi connectivity index (χ4v) is 2.30. The number of aliphatic hydroxyl groups is 1. The Morgan fingerprint density at radius 1 is 1.40 bits per heavy atom. The summed E-state index contributed by atoms with van der Waals surface area (Å²) >= 11 is 1.62. The Morgan fingerprint density at radius 3 is 2.40 bits per heavy atom. The Balaban J connectivity index is 2.68. The lowest BCUT2D eigenvalue weighted by atomic mass is 10.1. The zero-order chi connectivity index (χ0) is 11.5. The second kappa shape index (κ2) is 5.05. The summed E-state index contributed by atoms with van der Waals surface area (Å²) in [5, 5.41) is 12.8. The average Bonchev–Trinajstić information content (AvgIpc) is 2.61. The van der Waals surface area contributed by atoms with Gasteiger partial charge in [0.05, 0.1) is 12.2 Å². The third-order valence-electron chi connectivity index (χ3n) is 2.43. The van der Waals surface area contributed by atoms with Gasteiger partial charge in [-0.05, 0) is 26.9 Å². The lowest BCUT2D eigenvalue weighted by Gasteiger charge is -2.16. The highest BCUT2D eigenvalue weighted by molar-refractivity contribution is 7.09. The van der Waals surface area contributed by atoms with Crippen LogP contribution in [0.25, 0.3) is 0 Å². The van der Waals surface area contributed by atoms with E-state index in [1.54, 1.807) is 25.2 Å². The smallest absolute Gasteiger partial charge is 0.107 e. The maximum absolute atomic E-state index is 9.78. The summed E-state index contributed by atoms with van der Waals surface area (Å²) in [6, 6.07) is 0. The maximum Gasteiger partial charge on any atom is 0.107 e. The Kier molecular flexibility index (Phi) is 4.25. The van der Waals surface area contributed by atoms with E-state index in [1.165, 1.54) is 0 Å². The summed E-state index contributed by atoms with van der Waals surface area (Å²) < 4.78 is 0. The van der Waals surface area contributed by atoms with Gasteiger partial charge < -0.3 is 5.11 Å².